The Labute approximate surface area is 259 Å². The van der Waals surface area contributed by atoms with Crippen LogP contribution in [0.5, 0.6) is 5.75 Å². The number of nitrogens with zero attached hydrogens (tertiary/aromatic N) is 4. The molecule has 3 fully saturated rings. The van der Waals surface area contributed by atoms with E-state index >= 15 is 0 Å². The number of ether oxygens (including phenoxy) is 2. The van der Waals surface area contributed by atoms with Crippen LogP contribution in [0.15, 0.2) is 60.9 Å². The highest BCUT2D eigenvalue weighted by atomic mass is 16.5. The molecular formula is C34H43N5O5. The second-order valence-corrected chi connectivity index (χ2v) is 12.2. The maximum atomic E-state index is 14.3. The van der Waals surface area contributed by atoms with E-state index in [2.05, 4.69) is 5.32 Å². The molecule has 2 aromatic carbocycles. The third-order valence-electron chi connectivity index (χ3n) is 9.31. The highest BCUT2D eigenvalue weighted by molar-refractivity contribution is 5.98. The number of benzene rings is 2. The zero-order valence-electron chi connectivity index (χ0n) is 25.5. The van der Waals surface area contributed by atoms with Crippen molar-refractivity contribution in [2.45, 2.75) is 56.2 Å². The summed E-state index contributed by atoms with van der Waals surface area (Å²) in [6.45, 7) is 4.24. The molecule has 44 heavy (non-hydrogen) atoms. The van der Waals surface area contributed by atoms with Gasteiger partial charge in [-0.3, -0.25) is 9.59 Å². The number of likely N-dealkylation sites (tertiary alicyclic amines) is 1. The number of amides is 2. The molecule has 3 aliphatic rings. The van der Waals surface area contributed by atoms with Crippen LogP contribution >= 0.6 is 0 Å². The molecule has 1 aromatic heterocycles. The van der Waals surface area contributed by atoms with Crippen molar-refractivity contribution in [1.29, 1.82) is 0 Å². The van der Waals surface area contributed by atoms with E-state index in [1.807, 2.05) is 69.0 Å². The molecule has 2 amide bonds. The quantitative estimate of drug-likeness (QED) is 0.364. The lowest BCUT2D eigenvalue weighted by Gasteiger charge is -2.41. The third kappa shape index (κ3) is 6.24. The minimum atomic E-state index is -1.03. The first-order valence-corrected chi connectivity index (χ1v) is 15.9. The molecule has 1 aliphatic carbocycles. The molecule has 3 atom stereocenters. The van der Waals surface area contributed by atoms with Gasteiger partial charge in [0.15, 0.2) is 5.69 Å². The summed E-state index contributed by atoms with van der Waals surface area (Å²) in [6.07, 6.45) is 6.78. The number of nitrogens with one attached hydrogen (secondary N) is 1. The number of rotatable bonds is 10. The minimum Gasteiger partial charge on any atom is -0.494 e. The Morgan fingerprint density at radius 3 is 2.55 bits per heavy atom. The Kier molecular flexibility index (Phi) is 9.30. The number of carbonyl (C=O) groups excluding carboxylic acids is 2. The topological polar surface area (TPSA) is 109 Å². The van der Waals surface area contributed by atoms with Crippen molar-refractivity contribution in [2.24, 2.45) is 0 Å². The van der Waals surface area contributed by atoms with Crippen molar-refractivity contribution in [2.75, 3.05) is 53.0 Å². The lowest BCUT2D eigenvalue weighted by Crippen LogP contribution is -2.54. The summed E-state index contributed by atoms with van der Waals surface area (Å²) in [7, 11) is 1.61. The van der Waals surface area contributed by atoms with Gasteiger partial charge in [-0.25, -0.2) is 4.98 Å². The molecule has 3 heterocycles. The van der Waals surface area contributed by atoms with E-state index in [4.69, 9.17) is 14.5 Å². The van der Waals surface area contributed by atoms with Crippen molar-refractivity contribution in [3.05, 3.63) is 72.2 Å². The second-order valence-electron chi connectivity index (χ2n) is 12.2. The fraction of sp³-hybridized carbons (Fsp3) is 0.500. The maximum Gasteiger partial charge on any atom is 0.275 e. The van der Waals surface area contributed by atoms with Crippen LogP contribution in [0.2, 0.25) is 0 Å². The fourth-order valence-corrected chi connectivity index (χ4v) is 6.79. The monoisotopic (exact) mass is 601 g/mol. The zero-order valence-corrected chi connectivity index (χ0v) is 25.5. The number of hydrogen-bond donors (Lipinski definition) is 2. The molecule has 0 spiro atoms. The van der Waals surface area contributed by atoms with Gasteiger partial charge in [0.25, 0.3) is 11.8 Å². The van der Waals surface area contributed by atoms with Crippen LogP contribution < -0.4 is 10.1 Å². The van der Waals surface area contributed by atoms with Crippen molar-refractivity contribution >= 4 is 11.8 Å². The van der Waals surface area contributed by atoms with Crippen molar-refractivity contribution in [3.8, 4) is 17.0 Å². The largest absolute Gasteiger partial charge is 0.494 e. The van der Waals surface area contributed by atoms with Gasteiger partial charge < -0.3 is 34.3 Å². The lowest BCUT2D eigenvalue weighted by atomic mass is 9.80. The summed E-state index contributed by atoms with van der Waals surface area (Å²) in [5.41, 5.74) is 1.67. The Morgan fingerprint density at radius 1 is 1.02 bits per heavy atom. The molecule has 2 N–H and O–H groups in total. The van der Waals surface area contributed by atoms with Crippen LogP contribution in [-0.4, -0.2) is 101 Å². The first-order chi connectivity index (χ1) is 21.5. The molecule has 3 aromatic rings. The average molecular weight is 602 g/mol. The van der Waals surface area contributed by atoms with E-state index in [9.17, 15) is 14.7 Å². The van der Waals surface area contributed by atoms with Crippen molar-refractivity contribution in [3.63, 3.8) is 0 Å². The molecule has 1 saturated carbocycles. The molecule has 0 radical (unpaired) electrons. The van der Waals surface area contributed by atoms with Crippen LogP contribution in [0.1, 0.15) is 65.4 Å². The second kappa shape index (κ2) is 13.5. The van der Waals surface area contributed by atoms with Gasteiger partial charge >= 0.3 is 0 Å². The summed E-state index contributed by atoms with van der Waals surface area (Å²) in [6, 6.07) is 16.8. The zero-order chi connectivity index (χ0) is 30.5. The Morgan fingerprint density at radius 2 is 1.82 bits per heavy atom. The van der Waals surface area contributed by atoms with E-state index in [0.29, 0.717) is 56.1 Å². The number of imidazole rings is 1. The number of hydrogen-bond acceptors (Lipinski definition) is 7. The first-order valence-electron chi connectivity index (χ1n) is 15.9. The van der Waals surface area contributed by atoms with Gasteiger partial charge in [0.05, 0.1) is 31.3 Å². The summed E-state index contributed by atoms with van der Waals surface area (Å²) in [5.74, 6) is 0.649. The lowest BCUT2D eigenvalue weighted by molar-refractivity contribution is -0.0893. The van der Waals surface area contributed by atoms with Crippen LogP contribution in [0.4, 0.5) is 0 Å². The fourth-order valence-electron chi connectivity index (χ4n) is 6.79. The molecule has 2 saturated heterocycles. The van der Waals surface area contributed by atoms with Gasteiger partial charge in [0.2, 0.25) is 0 Å². The summed E-state index contributed by atoms with van der Waals surface area (Å²) >= 11 is 0. The smallest absolute Gasteiger partial charge is 0.275 e. The molecular weight excluding hydrogens is 558 g/mol. The standard InChI is InChI=1S/C34H43N5O5/c1-43-23-34(42)16-6-5-10-29(34)39-24-36-30(31(39)25-8-3-2-4-9-25)33(41)38-20-17-35-22-27(38)15-21-44-28-13-11-26(12-14-28)32(40)37-18-7-19-37/h2-4,8-9,11-14,24,27,29,35,42H,5-7,10,15-23H2,1H3/t27-,29-,34-/m1/s1. The summed E-state index contributed by atoms with van der Waals surface area (Å²) < 4.78 is 13.5. The van der Waals surface area contributed by atoms with Gasteiger partial charge in [-0.2, -0.15) is 0 Å². The molecule has 6 rings (SSSR count). The van der Waals surface area contributed by atoms with E-state index in [-0.39, 0.29) is 30.5 Å². The number of methoxy groups -OCH3 is 1. The molecule has 234 valence electrons. The minimum absolute atomic E-state index is 0.0643. The van der Waals surface area contributed by atoms with E-state index in [1.54, 1.807) is 13.4 Å². The van der Waals surface area contributed by atoms with Crippen molar-refractivity contribution < 1.29 is 24.2 Å². The van der Waals surface area contributed by atoms with Gasteiger partial charge in [-0.05, 0) is 43.5 Å². The predicted molar refractivity (Wildman–Crippen MR) is 167 cm³/mol. The summed E-state index contributed by atoms with van der Waals surface area (Å²) in [4.78, 5) is 35.2. The molecule has 10 nitrogen and oxygen atoms in total. The first kappa shape index (κ1) is 30.3. The molecule has 0 bridgehead atoms. The van der Waals surface area contributed by atoms with Gasteiger partial charge in [0.1, 0.15) is 11.4 Å². The maximum absolute atomic E-state index is 14.3. The van der Waals surface area contributed by atoms with Crippen LogP contribution in [0, 0.1) is 0 Å². The number of aromatic nitrogens is 2. The number of piperazine rings is 1. The van der Waals surface area contributed by atoms with Gasteiger partial charge in [-0.15, -0.1) is 0 Å². The number of aliphatic hydroxyl groups is 1. The Bertz CT molecular complexity index is 1420. The normalized spacial score (nSPS) is 23.7. The summed E-state index contributed by atoms with van der Waals surface area (Å²) in [5, 5.41) is 15.1. The van der Waals surface area contributed by atoms with Crippen LogP contribution in [0.25, 0.3) is 11.3 Å². The van der Waals surface area contributed by atoms with Gasteiger partial charge in [0, 0.05) is 63.4 Å². The van der Waals surface area contributed by atoms with E-state index in [0.717, 1.165) is 50.0 Å². The van der Waals surface area contributed by atoms with Crippen LogP contribution in [-0.2, 0) is 4.74 Å². The Hall–Kier alpha value is -3.73. The SMILES string of the molecule is COC[C@]1(O)CCCC[C@H]1n1cnc(C(=O)N2CCNC[C@H]2CCOc2ccc(C(=O)N3CCC3)cc2)c1-c1ccccc1. The highest BCUT2D eigenvalue weighted by Crippen LogP contribution is 2.41. The molecule has 2 aliphatic heterocycles. The van der Waals surface area contributed by atoms with Crippen molar-refractivity contribution in [1.82, 2.24) is 24.7 Å². The van der Waals surface area contributed by atoms with E-state index in [1.165, 1.54) is 0 Å². The van der Waals surface area contributed by atoms with E-state index < -0.39 is 5.60 Å². The average Bonchev–Trinajstić information content (AvgIpc) is 3.46. The molecule has 10 heteroatoms. The Balaban J connectivity index is 1.19. The number of carbonyl (C=O) groups is 2. The third-order valence-corrected chi connectivity index (χ3v) is 9.31. The van der Waals surface area contributed by atoms with Gasteiger partial charge in [-0.1, -0.05) is 43.2 Å². The highest BCUT2D eigenvalue weighted by Gasteiger charge is 2.42. The predicted octanol–water partition coefficient (Wildman–Crippen LogP) is 3.77. The molecule has 0 unspecified atom stereocenters. The van der Waals surface area contributed by atoms with Crippen LogP contribution in [0.3, 0.4) is 0 Å².